The Bertz CT molecular complexity index is 464. The number of hydrogen-bond donors (Lipinski definition) is 1. The van der Waals surface area contributed by atoms with Crippen LogP contribution in [0.15, 0.2) is 24.4 Å². The highest BCUT2D eigenvalue weighted by molar-refractivity contribution is 5.76. The second kappa shape index (κ2) is 8.24. The van der Waals surface area contributed by atoms with Gasteiger partial charge in [0.05, 0.1) is 18.2 Å². The van der Waals surface area contributed by atoms with E-state index in [4.69, 9.17) is 5.11 Å². The second-order valence-corrected chi connectivity index (χ2v) is 4.90. The Hall–Kier alpha value is -2.11. The summed E-state index contributed by atoms with van der Waals surface area (Å²) in [5.41, 5.74) is 0.815. The van der Waals surface area contributed by atoms with E-state index in [0.29, 0.717) is 19.6 Å². The fourth-order valence-corrected chi connectivity index (χ4v) is 1.95. The van der Waals surface area contributed by atoms with Crippen molar-refractivity contribution >= 4 is 12.0 Å². The maximum atomic E-state index is 12.5. The van der Waals surface area contributed by atoms with Crippen LogP contribution in [0.2, 0.25) is 0 Å². The van der Waals surface area contributed by atoms with Gasteiger partial charge in [-0.05, 0) is 26.0 Å². The molecular formula is C15H23N3O3. The maximum Gasteiger partial charge on any atom is 0.320 e. The summed E-state index contributed by atoms with van der Waals surface area (Å²) < 4.78 is 0. The minimum absolute atomic E-state index is 0.154. The minimum atomic E-state index is -0.894. The number of carbonyl (C=O) groups is 2. The smallest absolute Gasteiger partial charge is 0.320 e. The molecular weight excluding hydrogens is 270 g/mol. The molecule has 0 bridgehead atoms. The Balaban J connectivity index is 2.73. The maximum absolute atomic E-state index is 12.5. The Morgan fingerprint density at radius 3 is 2.38 bits per heavy atom. The molecule has 0 spiro atoms. The SMILES string of the molecule is CCN(Cc1ccccn1)C(=O)N(CC)CC(C)C(=O)O. The highest BCUT2D eigenvalue weighted by Gasteiger charge is 2.23. The van der Waals surface area contributed by atoms with Gasteiger partial charge in [0, 0.05) is 25.8 Å². The highest BCUT2D eigenvalue weighted by Crippen LogP contribution is 2.08. The summed E-state index contributed by atoms with van der Waals surface area (Å²) in [7, 11) is 0. The quantitative estimate of drug-likeness (QED) is 0.835. The molecule has 0 radical (unpaired) electrons. The Kier molecular flexibility index (Phi) is 6.65. The van der Waals surface area contributed by atoms with Crippen molar-refractivity contribution in [2.45, 2.75) is 27.3 Å². The monoisotopic (exact) mass is 293 g/mol. The van der Waals surface area contributed by atoms with E-state index >= 15 is 0 Å². The summed E-state index contributed by atoms with van der Waals surface area (Å²) in [5, 5.41) is 8.98. The largest absolute Gasteiger partial charge is 0.481 e. The topological polar surface area (TPSA) is 73.7 Å². The van der Waals surface area contributed by atoms with Crippen LogP contribution in [-0.2, 0) is 11.3 Å². The van der Waals surface area contributed by atoms with Gasteiger partial charge in [-0.3, -0.25) is 9.78 Å². The second-order valence-electron chi connectivity index (χ2n) is 4.90. The molecule has 6 heteroatoms. The predicted molar refractivity (Wildman–Crippen MR) is 79.8 cm³/mol. The van der Waals surface area contributed by atoms with Gasteiger partial charge in [-0.25, -0.2) is 4.79 Å². The molecule has 6 nitrogen and oxygen atoms in total. The number of aliphatic carboxylic acids is 1. The fourth-order valence-electron chi connectivity index (χ4n) is 1.95. The van der Waals surface area contributed by atoms with Crippen molar-refractivity contribution in [3.05, 3.63) is 30.1 Å². The molecule has 116 valence electrons. The van der Waals surface area contributed by atoms with Crippen molar-refractivity contribution < 1.29 is 14.7 Å². The van der Waals surface area contributed by atoms with E-state index in [0.717, 1.165) is 5.69 Å². The molecule has 0 fully saturated rings. The van der Waals surface area contributed by atoms with Crippen LogP contribution in [0.4, 0.5) is 4.79 Å². The number of carboxylic acids is 1. The number of carboxylic acid groups (broad SMARTS) is 1. The standard InChI is InChI=1S/C15H23N3O3/c1-4-17(10-12(3)14(19)20)15(21)18(5-2)11-13-8-6-7-9-16-13/h6-9,12H,4-5,10-11H2,1-3H3,(H,19,20). The molecule has 1 heterocycles. The van der Waals surface area contributed by atoms with Crippen molar-refractivity contribution in [2.75, 3.05) is 19.6 Å². The van der Waals surface area contributed by atoms with E-state index < -0.39 is 11.9 Å². The first-order chi connectivity index (χ1) is 9.99. The number of carbonyl (C=O) groups excluding carboxylic acids is 1. The number of nitrogens with zero attached hydrogens (tertiary/aromatic N) is 3. The summed E-state index contributed by atoms with van der Waals surface area (Å²) in [6.07, 6.45) is 1.69. The molecule has 0 saturated carbocycles. The Morgan fingerprint density at radius 1 is 1.24 bits per heavy atom. The van der Waals surface area contributed by atoms with E-state index in [-0.39, 0.29) is 12.6 Å². The van der Waals surface area contributed by atoms with E-state index in [1.165, 1.54) is 0 Å². The molecule has 0 aliphatic heterocycles. The van der Waals surface area contributed by atoms with E-state index in [2.05, 4.69) is 4.98 Å². The van der Waals surface area contributed by atoms with Crippen molar-refractivity contribution in [1.82, 2.24) is 14.8 Å². The lowest BCUT2D eigenvalue weighted by Gasteiger charge is -2.30. The van der Waals surface area contributed by atoms with Crippen LogP contribution in [0.25, 0.3) is 0 Å². The van der Waals surface area contributed by atoms with Crippen LogP contribution in [0.1, 0.15) is 26.5 Å². The summed E-state index contributed by atoms with van der Waals surface area (Å²) in [5.74, 6) is -1.48. The van der Waals surface area contributed by atoms with Gasteiger partial charge in [-0.2, -0.15) is 0 Å². The molecule has 2 amide bonds. The van der Waals surface area contributed by atoms with Crippen LogP contribution in [0, 0.1) is 5.92 Å². The molecule has 0 aliphatic rings. The minimum Gasteiger partial charge on any atom is -0.481 e. The fraction of sp³-hybridized carbons (Fsp3) is 0.533. The summed E-state index contributed by atoms with van der Waals surface area (Å²) in [6, 6.07) is 5.42. The summed E-state index contributed by atoms with van der Waals surface area (Å²) in [4.78, 5) is 30.9. The van der Waals surface area contributed by atoms with Crippen LogP contribution >= 0.6 is 0 Å². The average Bonchev–Trinajstić information content (AvgIpc) is 2.50. The normalized spacial score (nSPS) is 11.8. The molecule has 21 heavy (non-hydrogen) atoms. The molecule has 1 atom stereocenters. The average molecular weight is 293 g/mol. The lowest BCUT2D eigenvalue weighted by Crippen LogP contribution is -2.45. The number of pyridine rings is 1. The number of aromatic nitrogens is 1. The van der Waals surface area contributed by atoms with Gasteiger partial charge >= 0.3 is 12.0 Å². The zero-order valence-corrected chi connectivity index (χ0v) is 12.8. The van der Waals surface area contributed by atoms with Gasteiger partial charge in [-0.1, -0.05) is 13.0 Å². The van der Waals surface area contributed by atoms with Gasteiger partial charge < -0.3 is 14.9 Å². The van der Waals surface area contributed by atoms with Crippen molar-refractivity contribution in [3.8, 4) is 0 Å². The van der Waals surface area contributed by atoms with Crippen LogP contribution in [-0.4, -0.2) is 51.5 Å². The molecule has 0 saturated heterocycles. The molecule has 1 N–H and O–H groups in total. The van der Waals surface area contributed by atoms with Gasteiger partial charge in [-0.15, -0.1) is 0 Å². The van der Waals surface area contributed by atoms with E-state index in [9.17, 15) is 9.59 Å². The van der Waals surface area contributed by atoms with Gasteiger partial charge in [0.2, 0.25) is 0 Å². The third kappa shape index (κ3) is 5.06. The summed E-state index contributed by atoms with van der Waals surface area (Å²) >= 11 is 0. The molecule has 1 aromatic rings. The van der Waals surface area contributed by atoms with Gasteiger partial charge in [0.15, 0.2) is 0 Å². The van der Waals surface area contributed by atoms with Gasteiger partial charge in [0.25, 0.3) is 0 Å². The molecule has 0 aliphatic carbocycles. The Morgan fingerprint density at radius 2 is 1.90 bits per heavy atom. The number of rotatable bonds is 7. The first kappa shape index (κ1) is 16.9. The number of urea groups is 1. The zero-order chi connectivity index (χ0) is 15.8. The first-order valence-electron chi connectivity index (χ1n) is 7.16. The number of hydrogen-bond acceptors (Lipinski definition) is 3. The Labute approximate surface area is 125 Å². The lowest BCUT2D eigenvalue weighted by atomic mass is 10.2. The van der Waals surface area contributed by atoms with Crippen LogP contribution in [0.3, 0.4) is 0 Å². The third-order valence-electron chi connectivity index (χ3n) is 3.30. The van der Waals surface area contributed by atoms with Crippen molar-refractivity contribution in [3.63, 3.8) is 0 Å². The number of amides is 2. The van der Waals surface area contributed by atoms with Gasteiger partial charge in [0.1, 0.15) is 0 Å². The van der Waals surface area contributed by atoms with Crippen LogP contribution < -0.4 is 0 Å². The van der Waals surface area contributed by atoms with Crippen molar-refractivity contribution in [1.29, 1.82) is 0 Å². The predicted octanol–water partition coefficient (Wildman–Crippen LogP) is 2.07. The van der Waals surface area contributed by atoms with E-state index in [1.807, 2.05) is 32.0 Å². The third-order valence-corrected chi connectivity index (χ3v) is 3.30. The molecule has 1 aromatic heterocycles. The van der Waals surface area contributed by atoms with Crippen molar-refractivity contribution in [2.24, 2.45) is 5.92 Å². The molecule has 1 rings (SSSR count). The zero-order valence-electron chi connectivity index (χ0n) is 12.8. The van der Waals surface area contributed by atoms with Crippen LogP contribution in [0.5, 0.6) is 0 Å². The lowest BCUT2D eigenvalue weighted by molar-refractivity contribution is -0.141. The molecule has 1 unspecified atom stereocenters. The highest BCUT2D eigenvalue weighted by atomic mass is 16.4. The first-order valence-corrected chi connectivity index (χ1v) is 7.16. The van der Waals surface area contributed by atoms with E-state index in [1.54, 1.807) is 22.9 Å². The molecule has 0 aromatic carbocycles. The summed E-state index contributed by atoms with van der Waals surface area (Å²) in [6.45, 7) is 7.02.